The second kappa shape index (κ2) is 9.79. The third-order valence-corrected chi connectivity index (χ3v) is 1.97. The number of aliphatic hydroxyl groups is 1. The van der Waals surface area contributed by atoms with Crippen molar-refractivity contribution in [3.8, 4) is 0 Å². The normalized spacial score (nSPS) is 13.1. The Labute approximate surface area is 124 Å². The summed E-state index contributed by atoms with van der Waals surface area (Å²) in [5.41, 5.74) is 0. The molecule has 8 heteroatoms. The quantitative estimate of drug-likeness (QED) is 0.476. The summed E-state index contributed by atoms with van der Waals surface area (Å²) in [6.45, 7) is 0. The van der Waals surface area contributed by atoms with E-state index in [1.807, 2.05) is 0 Å². The van der Waals surface area contributed by atoms with Crippen LogP contribution in [0.15, 0.2) is 0 Å². The summed E-state index contributed by atoms with van der Waals surface area (Å²) < 4.78 is 0. The minimum absolute atomic E-state index is 0. The first-order valence-corrected chi connectivity index (χ1v) is 3.92. The van der Waals surface area contributed by atoms with E-state index in [9.17, 15) is 19.8 Å². The average Bonchev–Trinajstić information content (AvgIpc) is 1.88. The van der Waals surface area contributed by atoms with Crippen molar-refractivity contribution < 1.29 is 84.0 Å². The Kier molecular flexibility index (Phi) is 14.9. The zero-order valence-electron chi connectivity index (χ0n) is 7.64. The Morgan fingerprint density at radius 1 is 1.23 bits per heavy atom. The molecule has 0 amide bonds. The minimum atomic E-state index is -2.02. The van der Waals surface area contributed by atoms with Crippen molar-refractivity contribution in [2.24, 2.45) is 0 Å². The van der Waals surface area contributed by atoms with Gasteiger partial charge in [0.15, 0.2) is 0 Å². The first kappa shape index (κ1) is 19.8. The summed E-state index contributed by atoms with van der Waals surface area (Å²) in [4.78, 5) is 20.0. The molecule has 0 aliphatic heterocycles. The van der Waals surface area contributed by atoms with Gasteiger partial charge >= 0.3 is 59.1 Å². The number of carboxylic acid groups (broad SMARTS) is 2. The molecule has 0 fully saturated rings. The Morgan fingerprint density at radius 3 is 1.69 bits per heavy atom. The molecule has 13 heavy (non-hydrogen) atoms. The summed E-state index contributed by atoms with van der Waals surface area (Å²) in [5.74, 6) is -3.43. The molecule has 0 bridgehead atoms. The second-order valence-electron chi connectivity index (χ2n) is 1.74. The fourth-order valence-electron chi connectivity index (χ4n) is 0.478. The van der Waals surface area contributed by atoms with Gasteiger partial charge in [-0.05, 0) is 6.26 Å². The molecule has 0 aliphatic rings. The minimum Gasteiger partial charge on any atom is -0.549 e. The first-order valence-electron chi connectivity index (χ1n) is 2.63. The summed E-state index contributed by atoms with van der Waals surface area (Å²) in [6.07, 6.45) is -0.665. The van der Waals surface area contributed by atoms with E-state index in [0.29, 0.717) is 11.8 Å². The monoisotopic (exact) mass is 224 g/mol. The van der Waals surface area contributed by atoms with Crippen LogP contribution in [0.25, 0.3) is 0 Å². The molecule has 0 unspecified atom stereocenters. The van der Waals surface area contributed by atoms with E-state index in [4.69, 9.17) is 5.11 Å². The number of rotatable bonds is 4. The van der Waals surface area contributed by atoms with Crippen LogP contribution in [0.5, 0.6) is 0 Å². The van der Waals surface area contributed by atoms with Crippen LogP contribution in [0, 0.1) is 0 Å². The number of aliphatic carboxylic acids is 2. The number of hydrogen-bond donors (Lipinski definition) is 1. The zero-order chi connectivity index (χ0) is 9.02. The van der Waals surface area contributed by atoms with Crippen molar-refractivity contribution in [1.29, 1.82) is 0 Å². The van der Waals surface area contributed by atoms with E-state index in [-0.39, 0.29) is 59.1 Å². The van der Waals surface area contributed by atoms with E-state index in [1.165, 1.54) is 6.26 Å². The van der Waals surface area contributed by atoms with Crippen LogP contribution in [-0.2, 0) is 9.59 Å². The summed E-state index contributed by atoms with van der Waals surface area (Å²) in [7, 11) is 0. The van der Waals surface area contributed by atoms with Crippen LogP contribution in [0.3, 0.4) is 0 Å². The molecule has 0 aromatic rings. The van der Waals surface area contributed by atoms with Crippen molar-refractivity contribution in [3.63, 3.8) is 0 Å². The van der Waals surface area contributed by atoms with Gasteiger partial charge in [0, 0.05) is 0 Å². The van der Waals surface area contributed by atoms with E-state index in [1.54, 1.807) is 0 Å². The van der Waals surface area contributed by atoms with Gasteiger partial charge in [-0.15, -0.1) is 0 Å². The molecule has 0 aromatic carbocycles. The van der Waals surface area contributed by atoms with Crippen LogP contribution in [0.2, 0.25) is 0 Å². The summed E-state index contributed by atoms with van der Waals surface area (Å²) in [6, 6.07) is 0. The molecule has 0 rings (SSSR count). The number of thioether (sulfide) groups is 1. The molecule has 64 valence electrons. The predicted molar refractivity (Wildman–Crippen MR) is 33.3 cm³/mol. The van der Waals surface area contributed by atoms with Crippen LogP contribution in [0.4, 0.5) is 0 Å². The van der Waals surface area contributed by atoms with Crippen molar-refractivity contribution in [2.45, 2.75) is 11.4 Å². The number of carbonyl (C=O) groups is 2. The number of carbonyl (C=O) groups excluding carboxylic acids is 2. The molecule has 0 spiro atoms. The van der Waals surface area contributed by atoms with E-state index < -0.39 is 23.3 Å². The topological polar surface area (TPSA) is 100 Å². The van der Waals surface area contributed by atoms with Gasteiger partial charge in [0.1, 0.15) is 6.10 Å². The molecular formula is C5H6Na2O5S. The molecule has 0 aromatic heterocycles. The summed E-state index contributed by atoms with van der Waals surface area (Å²) in [5, 5.41) is 27.2. The fourth-order valence-corrected chi connectivity index (χ4v) is 1.04. The Bertz CT molecular complexity index is 176. The maximum Gasteiger partial charge on any atom is 1.00 e. The first-order chi connectivity index (χ1) is 5.00. The van der Waals surface area contributed by atoms with Crippen LogP contribution in [-0.4, -0.2) is 34.7 Å². The van der Waals surface area contributed by atoms with Crippen LogP contribution in [0.1, 0.15) is 0 Å². The van der Waals surface area contributed by atoms with Crippen LogP contribution < -0.4 is 69.3 Å². The Balaban J connectivity index is -0.000000500. The average molecular weight is 224 g/mol. The van der Waals surface area contributed by atoms with E-state index >= 15 is 0 Å². The van der Waals surface area contributed by atoms with Crippen molar-refractivity contribution in [1.82, 2.24) is 0 Å². The maximum absolute atomic E-state index is 10.1. The third-order valence-electron chi connectivity index (χ3n) is 1.01. The van der Waals surface area contributed by atoms with Crippen LogP contribution >= 0.6 is 11.8 Å². The Morgan fingerprint density at radius 2 is 1.62 bits per heavy atom. The van der Waals surface area contributed by atoms with Gasteiger partial charge in [-0.3, -0.25) is 0 Å². The Hall–Kier alpha value is 1.25. The molecule has 2 atom stereocenters. The van der Waals surface area contributed by atoms with E-state index in [2.05, 4.69) is 0 Å². The smallest absolute Gasteiger partial charge is 0.549 e. The number of aliphatic hydroxyl groups excluding tert-OH is 1. The largest absolute Gasteiger partial charge is 1.00 e. The van der Waals surface area contributed by atoms with Gasteiger partial charge in [-0.25, -0.2) is 0 Å². The molecule has 0 heterocycles. The summed E-state index contributed by atoms with van der Waals surface area (Å²) >= 11 is 0.682. The van der Waals surface area contributed by atoms with Gasteiger partial charge < -0.3 is 24.9 Å². The molecule has 0 radical (unpaired) electrons. The number of hydrogen-bond acceptors (Lipinski definition) is 6. The predicted octanol–water partition coefficient (Wildman–Crippen LogP) is -9.41. The fraction of sp³-hybridized carbons (Fsp3) is 0.600. The standard InChI is InChI=1S/C5H8O5S.2Na/c1-11-3(5(9)10)2(6)4(7)8;;/h2-3,6H,1H3,(H,7,8)(H,9,10);;/q;2*+1/p-2/t2-,3+;;/m1../s1. The molecule has 0 aliphatic carbocycles. The third kappa shape index (κ3) is 7.21. The van der Waals surface area contributed by atoms with Gasteiger partial charge in [-0.2, -0.15) is 11.8 Å². The molecule has 1 N–H and O–H groups in total. The van der Waals surface area contributed by atoms with Gasteiger partial charge in [-0.1, -0.05) is 0 Å². The van der Waals surface area contributed by atoms with Gasteiger partial charge in [0.2, 0.25) is 0 Å². The SMILES string of the molecule is CS[C@H](C(=O)[O-])[C@@H](O)C(=O)[O-].[Na+].[Na+]. The maximum atomic E-state index is 10.1. The second-order valence-corrected chi connectivity index (χ2v) is 2.72. The zero-order valence-corrected chi connectivity index (χ0v) is 12.5. The molecule has 0 saturated heterocycles. The van der Waals surface area contributed by atoms with Gasteiger partial charge in [0.25, 0.3) is 0 Å². The van der Waals surface area contributed by atoms with Crippen molar-refractivity contribution in [3.05, 3.63) is 0 Å². The van der Waals surface area contributed by atoms with Crippen molar-refractivity contribution >= 4 is 23.7 Å². The van der Waals surface area contributed by atoms with Gasteiger partial charge in [0.05, 0.1) is 17.2 Å². The number of carboxylic acids is 2. The molecule has 0 saturated carbocycles. The molecule has 5 nitrogen and oxygen atoms in total. The van der Waals surface area contributed by atoms with E-state index in [0.717, 1.165) is 0 Å². The van der Waals surface area contributed by atoms with Crippen molar-refractivity contribution in [2.75, 3.05) is 6.26 Å². The molecular weight excluding hydrogens is 218 g/mol.